The van der Waals surface area contributed by atoms with Crippen LogP contribution in [0.25, 0.3) is 32.1 Å². The van der Waals surface area contributed by atoms with Gasteiger partial charge in [0.2, 0.25) is 11.8 Å². The Morgan fingerprint density at radius 1 is 1.21 bits per heavy atom. The van der Waals surface area contributed by atoms with Crippen molar-refractivity contribution in [1.29, 1.82) is 5.26 Å². The first-order valence-electron chi connectivity index (χ1n) is 18.0. The number of rotatable bonds is 9. The fourth-order valence-corrected chi connectivity index (χ4v) is 9.98. The molecule has 2 saturated carbocycles. The van der Waals surface area contributed by atoms with Gasteiger partial charge >= 0.3 is 6.01 Å². The van der Waals surface area contributed by atoms with Crippen molar-refractivity contribution in [2.45, 2.75) is 93.7 Å². The van der Waals surface area contributed by atoms with Gasteiger partial charge in [0.1, 0.15) is 47.3 Å². The predicted molar refractivity (Wildman–Crippen MR) is 191 cm³/mol. The van der Waals surface area contributed by atoms with E-state index >= 15 is 4.39 Å². The number of hydrogen-bond acceptors (Lipinski definition) is 10. The Bertz CT molecular complexity index is 2150. The number of carbonyl (C=O) groups excluding carboxylic acids is 1. The van der Waals surface area contributed by atoms with Crippen LogP contribution >= 0.6 is 22.9 Å². The Morgan fingerprint density at radius 3 is 2.79 bits per heavy atom. The van der Waals surface area contributed by atoms with E-state index in [1.54, 1.807) is 0 Å². The normalized spacial score (nSPS) is 28.6. The molecule has 0 unspecified atom stereocenters. The van der Waals surface area contributed by atoms with E-state index in [-0.39, 0.29) is 90.3 Å². The summed E-state index contributed by atoms with van der Waals surface area (Å²) in [4.78, 5) is 24.0. The number of anilines is 1. The van der Waals surface area contributed by atoms with Crippen molar-refractivity contribution in [3.05, 3.63) is 40.4 Å². The molecule has 5 fully saturated rings. The van der Waals surface area contributed by atoms with E-state index in [0.717, 1.165) is 30.7 Å². The molecule has 4 N–H and O–H groups in total. The molecule has 4 atom stereocenters. The van der Waals surface area contributed by atoms with Gasteiger partial charge in [0.25, 0.3) is 0 Å². The van der Waals surface area contributed by atoms with Crippen molar-refractivity contribution in [2.75, 3.05) is 25.4 Å². The highest BCUT2D eigenvalue weighted by atomic mass is 35.5. The number of nitrogens with one attached hydrogen (secondary N) is 2. The highest BCUT2D eigenvalue weighted by Gasteiger charge is 2.51. The number of aromatic nitrogens is 2. The lowest BCUT2D eigenvalue weighted by atomic mass is 9.92. The minimum absolute atomic E-state index is 0.0151. The van der Waals surface area contributed by atoms with Gasteiger partial charge in [0.05, 0.1) is 26.2 Å². The van der Waals surface area contributed by atoms with Gasteiger partial charge in [-0.2, -0.15) is 15.2 Å². The van der Waals surface area contributed by atoms with Crippen LogP contribution in [0.3, 0.4) is 0 Å². The molecule has 15 heteroatoms. The smallest absolute Gasteiger partial charge is 0.320 e. The van der Waals surface area contributed by atoms with Crippen LogP contribution in [-0.4, -0.2) is 76.4 Å². The molecular weight excluding hydrogens is 715 g/mol. The van der Waals surface area contributed by atoms with E-state index in [1.165, 1.54) is 31.0 Å². The number of hydrogen-bond donors (Lipinski definition) is 3. The van der Waals surface area contributed by atoms with E-state index in [4.69, 9.17) is 26.8 Å². The second-order valence-electron chi connectivity index (χ2n) is 15.0. The quantitative estimate of drug-likeness (QED) is 0.165. The van der Waals surface area contributed by atoms with Crippen LogP contribution in [-0.2, 0) is 4.79 Å². The molecule has 2 aromatic carbocycles. The summed E-state index contributed by atoms with van der Waals surface area (Å²) in [5, 5.41) is 16.9. The van der Waals surface area contributed by atoms with E-state index < -0.39 is 23.3 Å². The summed E-state index contributed by atoms with van der Waals surface area (Å²) in [5.41, 5.74) is 5.60. The average molecular weight is 752 g/mol. The fraction of sp³-hybridized carbons (Fsp3) is 0.514. The second kappa shape index (κ2) is 12.9. The Hall–Kier alpha value is -3.90. The summed E-state index contributed by atoms with van der Waals surface area (Å²) in [7, 11) is 0. The number of alkyl halides is 1. The number of nitrogen functional groups attached to an aromatic ring is 1. The molecule has 1 amide bonds. The largest absolute Gasteiger partial charge is 0.474 e. The summed E-state index contributed by atoms with van der Waals surface area (Å²) >= 11 is 7.73. The summed E-state index contributed by atoms with van der Waals surface area (Å²) in [6.07, 6.45) is 5.82. The van der Waals surface area contributed by atoms with Crippen LogP contribution in [0.2, 0.25) is 5.02 Å². The molecule has 4 aromatic rings. The minimum Gasteiger partial charge on any atom is -0.474 e. The molecule has 0 spiro atoms. The third-order valence-electron chi connectivity index (χ3n) is 11.6. The first kappa shape index (κ1) is 33.9. The molecule has 0 radical (unpaired) electrons. The monoisotopic (exact) mass is 751 g/mol. The van der Waals surface area contributed by atoms with Gasteiger partial charge in [0.15, 0.2) is 5.82 Å². The van der Waals surface area contributed by atoms with E-state index in [0.29, 0.717) is 50.6 Å². The highest BCUT2D eigenvalue weighted by Crippen LogP contribution is 2.46. The van der Waals surface area contributed by atoms with Crippen molar-refractivity contribution in [3.8, 4) is 29.1 Å². The molecular formula is C37H37ClF3N7O3S. The number of nitrogens with two attached hydrogens (primary N) is 1. The summed E-state index contributed by atoms with van der Waals surface area (Å²) < 4.78 is 59.2. The van der Waals surface area contributed by atoms with E-state index in [1.807, 2.05) is 6.07 Å². The zero-order chi connectivity index (χ0) is 35.9. The van der Waals surface area contributed by atoms with Crippen LogP contribution in [0.4, 0.5) is 18.2 Å². The van der Waals surface area contributed by atoms with Gasteiger partial charge in [-0.15, -0.1) is 11.3 Å². The molecule has 3 saturated heterocycles. The number of carbonyl (C=O) groups is 1. The van der Waals surface area contributed by atoms with Crippen molar-refractivity contribution in [1.82, 2.24) is 25.5 Å². The van der Waals surface area contributed by atoms with Crippen LogP contribution in [0.15, 0.2) is 18.2 Å². The summed E-state index contributed by atoms with van der Waals surface area (Å²) in [6.45, 7) is 1.25. The Kier molecular flexibility index (Phi) is 8.41. The highest BCUT2D eigenvalue weighted by molar-refractivity contribution is 7.23. The zero-order valence-corrected chi connectivity index (χ0v) is 29.8. The number of nitriles is 1. The van der Waals surface area contributed by atoms with E-state index in [9.17, 15) is 18.8 Å². The lowest BCUT2D eigenvalue weighted by molar-refractivity contribution is -0.121. The first-order valence-corrected chi connectivity index (χ1v) is 19.2. The number of benzene rings is 2. The number of fused-ring (bicyclic) bond motifs is 3. The zero-order valence-electron chi connectivity index (χ0n) is 28.2. The van der Waals surface area contributed by atoms with Crippen molar-refractivity contribution >= 4 is 54.8 Å². The van der Waals surface area contributed by atoms with Crippen LogP contribution in [0, 0.1) is 28.9 Å². The minimum atomic E-state index is -0.959. The molecule has 10 nitrogen and oxygen atoms in total. The number of halogens is 4. The number of ether oxygens (including phenoxy) is 2. The predicted octanol–water partition coefficient (Wildman–Crippen LogP) is 6.41. The Morgan fingerprint density at radius 2 is 2.02 bits per heavy atom. The van der Waals surface area contributed by atoms with Gasteiger partial charge in [0, 0.05) is 36.0 Å². The molecule has 2 aliphatic carbocycles. The van der Waals surface area contributed by atoms with Gasteiger partial charge in [-0.05, 0) is 81.5 Å². The molecule has 52 heavy (non-hydrogen) atoms. The number of nitrogens with zero attached hydrogens (tertiary/aromatic N) is 4. The molecule has 0 bridgehead atoms. The van der Waals surface area contributed by atoms with Crippen LogP contribution < -0.4 is 25.8 Å². The Labute approximate surface area is 306 Å². The van der Waals surface area contributed by atoms with Gasteiger partial charge in [-0.3, -0.25) is 15.0 Å². The van der Waals surface area contributed by atoms with Gasteiger partial charge < -0.3 is 20.5 Å². The summed E-state index contributed by atoms with van der Waals surface area (Å²) in [6, 6.07) is 6.22. The molecule has 272 valence electrons. The topological polar surface area (TPSA) is 148 Å². The third-order valence-corrected chi connectivity index (χ3v) is 12.9. The first-order chi connectivity index (χ1) is 25.1. The molecule has 5 heterocycles. The van der Waals surface area contributed by atoms with Crippen LogP contribution in [0.5, 0.6) is 11.9 Å². The SMILES string of the molecule is N#Cc1c(N)sc2c(F)ccc(-c3c(Cl)cc4c(OC5CCC(NC(=O)[C@@H]6N[C@H]6C6CC6)CC5)nc(OC[C@@]56CCCN5C[C@H](F)C6)nc4c3F)c12. The average Bonchev–Trinajstić information content (AvgIpc) is 4.02. The van der Waals surface area contributed by atoms with E-state index in [2.05, 4.69) is 25.5 Å². The molecule has 2 aromatic heterocycles. The standard InChI is InChI=1S/C37H37ClF3N7O3S/c38-24-12-22-30(28(41)27(24)21-8-9-25(40)32-26(21)23(14-42)33(43)52-32)46-36(50-16-37-10-1-11-48(37)15-18(39)13-37)47-35(22)51-20-6-4-19(5-7-20)44-34(49)31-29(45-31)17-2-3-17/h8-9,12,17-20,29,31,45H,1-7,10-11,13,15-16,43H2,(H,44,49)/t18-,19?,20?,29+,31-,37+/m1/s1. The maximum atomic E-state index is 17.0. The van der Waals surface area contributed by atoms with Crippen molar-refractivity contribution < 1.29 is 27.4 Å². The Balaban J connectivity index is 1.04. The third kappa shape index (κ3) is 5.90. The van der Waals surface area contributed by atoms with Crippen LogP contribution in [0.1, 0.15) is 63.4 Å². The maximum absolute atomic E-state index is 17.0. The van der Waals surface area contributed by atoms with Gasteiger partial charge in [-0.25, -0.2) is 13.2 Å². The fourth-order valence-electron chi connectivity index (χ4n) is 8.73. The lowest BCUT2D eigenvalue weighted by Gasteiger charge is -2.31. The van der Waals surface area contributed by atoms with Crippen molar-refractivity contribution in [2.24, 2.45) is 5.92 Å². The molecule has 3 aliphatic heterocycles. The van der Waals surface area contributed by atoms with Crippen molar-refractivity contribution in [3.63, 3.8) is 0 Å². The molecule has 5 aliphatic rings. The second-order valence-corrected chi connectivity index (χ2v) is 16.4. The summed E-state index contributed by atoms with van der Waals surface area (Å²) in [5.74, 6) is -0.644. The molecule has 9 rings (SSSR count). The number of thiophene rings is 1. The lowest BCUT2D eigenvalue weighted by Crippen LogP contribution is -2.43. The van der Waals surface area contributed by atoms with Gasteiger partial charge in [-0.1, -0.05) is 17.7 Å². The number of amides is 1. The maximum Gasteiger partial charge on any atom is 0.320 e.